The van der Waals surface area contributed by atoms with E-state index < -0.39 is 0 Å². The van der Waals surface area contributed by atoms with Gasteiger partial charge in [-0.25, -0.2) is 4.68 Å². The predicted molar refractivity (Wildman–Crippen MR) is 89.2 cm³/mol. The van der Waals surface area contributed by atoms with E-state index in [1.165, 1.54) is 0 Å². The lowest BCUT2D eigenvalue weighted by Crippen LogP contribution is -2.45. The zero-order valence-electron chi connectivity index (χ0n) is 11.9. The molecule has 0 spiro atoms. The first-order valence-corrected chi connectivity index (χ1v) is 6.79. The summed E-state index contributed by atoms with van der Waals surface area (Å²) in [7, 11) is 0. The van der Waals surface area contributed by atoms with E-state index in [-0.39, 0.29) is 36.8 Å². The van der Waals surface area contributed by atoms with Crippen molar-refractivity contribution in [2.75, 3.05) is 13.1 Å². The maximum atomic E-state index is 12.1. The van der Waals surface area contributed by atoms with Gasteiger partial charge in [-0.3, -0.25) is 9.78 Å². The Labute approximate surface area is 141 Å². The van der Waals surface area contributed by atoms with Gasteiger partial charge < -0.3 is 10.6 Å². The molecule has 3 rings (SSSR count). The number of nitrogens with zero attached hydrogens (tertiary/aromatic N) is 3. The number of rotatable bonds is 3. The first-order chi connectivity index (χ1) is 9.83. The Bertz CT molecular complexity index is 584. The van der Waals surface area contributed by atoms with E-state index in [0.29, 0.717) is 5.56 Å². The van der Waals surface area contributed by atoms with Gasteiger partial charge in [-0.2, -0.15) is 5.10 Å². The van der Waals surface area contributed by atoms with Gasteiger partial charge in [0, 0.05) is 25.0 Å². The van der Waals surface area contributed by atoms with Crippen LogP contribution >= 0.6 is 24.8 Å². The fourth-order valence-corrected chi connectivity index (χ4v) is 2.31. The number of nitrogens with one attached hydrogen (secondary N) is 2. The molecule has 2 aromatic heterocycles. The van der Waals surface area contributed by atoms with Crippen LogP contribution in [0, 0.1) is 0 Å². The van der Waals surface area contributed by atoms with Gasteiger partial charge in [0.15, 0.2) is 0 Å². The molecule has 0 bridgehead atoms. The highest BCUT2D eigenvalue weighted by atomic mass is 35.5. The summed E-state index contributed by atoms with van der Waals surface area (Å²) in [6.07, 6.45) is 8.84. The second-order valence-electron chi connectivity index (χ2n) is 4.90. The Morgan fingerprint density at radius 2 is 2.23 bits per heavy atom. The molecule has 1 saturated heterocycles. The molecule has 1 fully saturated rings. The third-order valence-corrected chi connectivity index (χ3v) is 3.39. The number of carbonyl (C=O) groups is 1. The minimum absolute atomic E-state index is 0. The van der Waals surface area contributed by atoms with Crippen LogP contribution < -0.4 is 10.6 Å². The number of piperidine rings is 1. The molecular formula is C14H19Cl2N5O. The van der Waals surface area contributed by atoms with Crippen molar-refractivity contribution in [1.82, 2.24) is 25.4 Å². The number of hydrogen-bond donors (Lipinski definition) is 2. The van der Waals surface area contributed by atoms with Crippen LogP contribution in [0.4, 0.5) is 0 Å². The molecule has 0 saturated carbocycles. The van der Waals surface area contributed by atoms with E-state index in [1.807, 2.05) is 12.1 Å². The fraction of sp³-hybridized carbons (Fsp3) is 0.357. The summed E-state index contributed by atoms with van der Waals surface area (Å²) < 4.78 is 1.65. The standard InChI is InChI=1S/C14H17N5O.2ClH/c20-14(18-12-3-1-5-15-8-12)11-7-17-19(10-11)13-4-2-6-16-9-13;;/h2,4,6-7,9-10,12,15H,1,3,5,8H2,(H,18,20);2*1H/t12-;;/m0../s1. The number of amides is 1. The maximum absolute atomic E-state index is 12.1. The first-order valence-electron chi connectivity index (χ1n) is 6.79. The molecule has 0 aromatic carbocycles. The lowest BCUT2D eigenvalue weighted by molar-refractivity contribution is 0.0930. The summed E-state index contributed by atoms with van der Waals surface area (Å²) in [5, 5.41) is 10.5. The van der Waals surface area contributed by atoms with Crippen LogP contribution in [0.1, 0.15) is 23.2 Å². The van der Waals surface area contributed by atoms with E-state index >= 15 is 0 Å². The van der Waals surface area contributed by atoms with Gasteiger partial charge in [0.1, 0.15) is 0 Å². The molecule has 3 heterocycles. The molecule has 6 nitrogen and oxygen atoms in total. The molecule has 1 atom stereocenters. The van der Waals surface area contributed by atoms with Crippen LogP contribution in [0.15, 0.2) is 36.9 Å². The SMILES string of the molecule is Cl.Cl.O=C(N[C@H]1CCCNC1)c1cnn(-c2cccnc2)c1. The molecule has 0 radical (unpaired) electrons. The lowest BCUT2D eigenvalue weighted by Gasteiger charge is -2.23. The number of carbonyl (C=O) groups excluding carboxylic acids is 1. The minimum atomic E-state index is -0.0751. The van der Waals surface area contributed by atoms with Crippen molar-refractivity contribution < 1.29 is 4.79 Å². The second kappa shape index (κ2) is 8.73. The van der Waals surface area contributed by atoms with Crippen molar-refractivity contribution in [1.29, 1.82) is 0 Å². The number of hydrogen-bond acceptors (Lipinski definition) is 4. The van der Waals surface area contributed by atoms with Crippen molar-refractivity contribution in [3.05, 3.63) is 42.5 Å². The van der Waals surface area contributed by atoms with E-state index in [2.05, 4.69) is 20.7 Å². The average Bonchev–Trinajstić information content (AvgIpc) is 2.99. The molecule has 0 aliphatic carbocycles. The quantitative estimate of drug-likeness (QED) is 0.887. The van der Waals surface area contributed by atoms with Crippen LogP contribution in [-0.2, 0) is 0 Å². The summed E-state index contributed by atoms with van der Waals surface area (Å²) in [5.74, 6) is -0.0751. The molecule has 1 aliphatic rings. The Morgan fingerprint density at radius 3 is 2.91 bits per heavy atom. The zero-order chi connectivity index (χ0) is 13.8. The minimum Gasteiger partial charge on any atom is -0.348 e. The van der Waals surface area contributed by atoms with Crippen molar-refractivity contribution in [2.24, 2.45) is 0 Å². The number of halogens is 2. The summed E-state index contributed by atoms with van der Waals surface area (Å²) in [5.41, 5.74) is 1.41. The molecule has 1 aliphatic heterocycles. The van der Waals surface area contributed by atoms with Gasteiger partial charge in [0.2, 0.25) is 0 Å². The summed E-state index contributed by atoms with van der Waals surface area (Å²) in [4.78, 5) is 16.2. The van der Waals surface area contributed by atoms with Gasteiger partial charge >= 0.3 is 0 Å². The summed E-state index contributed by atoms with van der Waals surface area (Å²) in [6.45, 7) is 1.87. The highest BCUT2D eigenvalue weighted by Gasteiger charge is 2.17. The van der Waals surface area contributed by atoms with Crippen molar-refractivity contribution >= 4 is 30.7 Å². The van der Waals surface area contributed by atoms with Crippen LogP contribution in [0.25, 0.3) is 5.69 Å². The Morgan fingerprint density at radius 1 is 1.36 bits per heavy atom. The summed E-state index contributed by atoms with van der Waals surface area (Å²) in [6, 6.07) is 3.94. The smallest absolute Gasteiger partial charge is 0.254 e. The van der Waals surface area contributed by atoms with E-state index in [9.17, 15) is 4.79 Å². The summed E-state index contributed by atoms with van der Waals surface area (Å²) >= 11 is 0. The van der Waals surface area contributed by atoms with E-state index in [1.54, 1.807) is 29.5 Å². The van der Waals surface area contributed by atoms with Crippen molar-refractivity contribution in [3.8, 4) is 5.69 Å². The normalized spacial score (nSPS) is 17.0. The highest BCUT2D eigenvalue weighted by molar-refractivity contribution is 5.94. The molecule has 2 N–H and O–H groups in total. The largest absolute Gasteiger partial charge is 0.348 e. The van der Waals surface area contributed by atoms with Gasteiger partial charge in [-0.1, -0.05) is 0 Å². The predicted octanol–water partition coefficient (Wildman–Crippen LogP) is 1.59. The van der Waals surface area contributed by atoms with E-state index in [4.69, 9.17) is 0 Å². The molecule has 1 amide bonds. The van der Waals surface area contributed by atoms with Crippen LogP contribution in [-0.4, -0.2) is 39.8 Å². The Kier molecular flexibility index (Phi) is 7.31. The van der Waals surface area contributed by atoms with Gasteiger partial charge in [-0.15, -0.1) is 24.8 Å². The molecule has 2 aromatic rings. The van der Waals surface area contributed by atoms with Gasteiger partial charge in [0.05, 0.1) is 23.6 Å². The van der Waals surface area contributed by atoms with Crippen LogP contribution in [0.2, 0.25) is 0 Å². The molecular weight excluding hydrogens is 325 g/mol. The van der Waals surface area contributed by atoms with Crippen LogP contribution in [0.3, 0.4) is 0 Å². The van der Waals surface area contributed by atoms with Gasteiger partial charge in [0.25, 0.3) is 5.91 Å². The Hall–Kier alpha value is -1.63. The molecule has 120 valence electrons. The highest BCUT2D eigenvalue weighted by Crippen LogP contribution is 2.08. The van der Waals surface area contributed by atoms with Crippen LogP contribution in [0.5, 0.6) is 0 Å². The maximum Gasteiger partial charge on any atom is 0.254 e. The Balaban J connectivity index is 0.00000121. The van der Waals surface area contributed by atoms with Crippen molar-refractivity contribution in [2.45, 2.75) is 18.9 Å². The lowest BCUT2D eigenvalue weighted by atomic mass is 10.1. The molecule has 22 heavy (non-hydrogen) atoms. The van der Waals surface area contributed by atoms with Gasteiger partial charge in [-0.05, 0) is 31.5 Å². The topological polar surface area (TPSA) is 71.8 Å². The molecule has 8 heteroatoms. The second-order valence-corrected chi connectivity index (χ2v) is 4.90. The zero-order valence-corrected chi connectivity index (χ0v) is 13.6. The number of pyridine rings is 1. The average molecular weight is 344 g/mol. The first kappa shape index (κ1) is 18.4. The fourth-order valence-electron chi connectivity index (χ4n) is 2.31. The van der Waals surface area contributed by atoms with Crippen molar-refractivity contribution in [3.63, 3.8) is 0 Å². The monoisotopic (exact) mass is 343 g/mol. The third-order valence-electron chi connectivity index (χ3n) is 3.39. The number of aromatic nitrogens is 3. The third kappa shape index (κ3) is 4.43. The van der Waals surface area contributed by atoms with E-state index in [0.717, 1.165) is 31.6 Å². The molecule has 0 unspecified atom stereocenters.